The van der Waals surface area contributed by atoms with Gasteiger partial charge < -0.3 is 14.6 Å². The number of benzene rings is 2. The molecule has 1 fully saturated rings. The lowest BCUT2D eigenvalue weighted by atomic mass is 10.1. The summed E-state index contributed by atoms with van der Waals surface area (Å²) in [6, 6.07) is 15.8. The van der Waals surface area contributed by atoms with E-state index in [1.165, 1.54) is 0 Å². The molecular formula is C21H16Cl2N2O3S. The zero-order valence-corrected chi connectivity index (χ0v) is 17.4. The quantitative estimate of drug-likeness (QED) is 0.552. The van der Waals surface area contributed by atoms with E-state index >= 15 is 0 Å². The van der Waals surface area contributed by atoms with E-state index in [9.17, 15) is 9.59 Å². The lowest BCUT2D eigenvalue weighted by Gasteiger charge is -2.23. The van der Waals surface area contributed by atoms with Crippen molar-refractivity contribution in [3.05, 3.63) is 87.8 Å². The van der Waals surface area contributed by atoms with Crippen LogP contribution in [-0.4, -0.2) is 22.5 Å². The van der Waals surface area contributed by atoms with Crippen LogP contribution in [0.2, 0.25) is 10.0 Å². The van der Waals surface area contributed by atoms with E-state index < -0.39 is 0 Å². The van der Waals surface area contributed by atoms with Crippen LogP contribution < -0.4 is 5.32 Å². The van der Waals surface area contributed by atoms with Crippen molar-refractivity contribution in [2.45, 2.75) is 11.9 Å². The molecule has 4 rings (SSSR count). The van der Waals surface area contributed by atoms with E-state index in [4.69, 9.17) is 27.6 Å². The highest BCUT2D eigenvalue weighted by molar-refractivity contribution is 8.00. The molecule has 2 amide bonds. The molecule has 0 saturated carbocycles. The van der Waals surface area contributed by atoms with E-state index in [0.717, 1.165) is 11.3 Å². The summed E-state index contributed by atoms with van der Waals surface area (Å²) in [5, 5.41) is 3.37. The van der Waals surface area contributed by atoms with Gasteiger partial charge in [-0.25, -0.2) is 0 Å². The molecule has 0 radical (unpaired) electrons. The van der Waals surface area contributed by atoms with Gasteiger partial charge in [-0.2, -0.15) is 0 Å². The number of thioether (sulfide) groups is 1. The molecule has 2 aromatic carbocycles. The zero-order valence-electron chi connectivity index (χ0n) is 15.1. The predicted octanol–water partition coefficient (Wildman–Crippen LogP) is 5.61. The molecule has 2 heterocycles. The van der Waals surface area contributed by atoms with Crippen molar-refractivity contribution in [2.75, 3.05) is 11.1 Å². The molecule has 29 heavy (non-hydrogen) atoms. The standard InChI is InChI=1S/C21H16Cl2N2O3S/c22-16-4-1-5-17(23)19(16)24-20(27)13-6-8-14(9-7-13)21-25(18(26)12-29-21)11-15-3-2-10-28-15/h1-10,21H,11-12H2,(H,24,27)/t21-/m0/s1. The highest BCUT2D eigenvalue weighted by Crippen LogP contribution is 2.39. The summed E-state index contributed by atoms with van der Waals surface area (Å²) in [4.78, 5) is 26.6. The number of para-hydroxylation sites is 1. The second-order valence-electron chi connectivity index (χ2n) is 6.44. The maximum atomic E-state index is 12.6. The number of carbonyl (C=O) groups is 2. The molecule has 8 heteroatoms. The van der Waals surface area contributed by atoms with Crippen LogP contribution in [0.4, 0.5) is 5.69 Å². The van der Waals surface area contributed by atoms with Crippen molar-refractivity contribution >= 4 is 52.5 Å². The first-order chi connectivity index (χ1) is 14.0. The highest BCUT2D eigenvalue weighted by Gasteiger charge is 2.33. The first-order valence-electron chi connectivity index (χ1n) is 8.81. The third-order valence-corrected chi connectivity index (χ3v) is 6.42. The van der Waals surface area contributed by atoms with Gasteiger partial charge >= 0.3 is 0 Å². The monoisotopic (exact) mass is 446 g/mol. The van der Waals surface area contributed by atoms with E-state index in [1.54, 1.807) is 59.3 Å². The van der Waals surface area contributed by atoms with E-state index in [0.29, 0.717) is 33.6 Å². The van der Waals surface area contributed by atoms with Gasteiger partial charge in [0.25, 0.3) is 5.91 Å². The van der Waals surface area contributed by atoms with Crippen molar-refractivity contribution in [1.82, 2.24) is 4.90 Å². The van der Waals surface area contributed by atoms with Gasteiger partial charge in [-0.3, -0.25) is 9.59 Å². The summed E-state index contributed by atoms with van der Waals surface area (Å²) in [5.41, 5.74) is 1.79. The average molecular weight is 447 g/mol. The number of halogens is 2. The van der Waals surface area contributed by atoms with Gasteiger partial charge in [0.2, 0.25) is 5.91 Å². The number of anilines is 1. The van der Waals surface area contributed by atoms with E-state index in [-0.39, 0.29) is 17.2 Å². The van der Waals surface area contributed by atoms with Crippen LogP contribution in [-0.2, 0) is 11.3 Å². The molecule has 1 saturated heterocycles. The number of nitrogens with one attached hydrogen (secondary N) is 1. The van der Waals surface area contributed by atoms with Crippen LogP contribution in [0.5, 0.6) is 0 Å². The van der Waals surface area contributed by atoms with Crippen molar-refractivity contribution in [3.8, 4) is 0 Å². The number of amides is 2. The van der Waals surface area contributed by atoms with Crippen LogP contribution in [0.15, 0.2) is 65.3 Å². The summed E-state index contributed by atoms with van der Waals surface area (Å²) in [5.74, 6) is 0.901. The van der Waals surface area contributed by atoms with Gasteiger partial charge in [0.05, 0.1) is 34.3 Å². The fraction of sp³-hybridized carbons (Fsp3) is 0.143. The Morgan fingerprint density at radius 3 is 2.48 bits per heavy atom. The van der Waals surface area contributed by atoms with E-state index in [2.05, 4.69) is 5.32 Å². The molecule has 1 aliphatic heterocycles. The SMILES string of the molecule is O=C(Nc1c(Cl)cccc1Cl)c1ccc([C@@H]2SCC(=O)N2Cc2ccco2)cc1. The molecule has 0 aliphatic carbocycles. The summed E-state index contributed by atoms with van der Waals surface area (Å²) in [6.07, 6.45) is 1.59. The Kier molecular flexibility index (Phi) is 5.85. The average Bonchev–Trinajstić information content (AvgIpc) is 3.36. The van der Waals surface area contributed by atoms with Gasteiger partial charge in [-0.15, -0.1) is 11.8 Å². The van der Waals surface area contributed by atoms with Gasteiger partial charge in [0.15, 0.2) is 0 Å². The molecule has 1 aromatic heterocycles. The fourth-order valence-corrected chi connectivity index (χ4v) is 4.75. The van der Waals surface area contributed by atoms with Gasteiger partial charge in [-0.05, 0) is 42.0 Å². The molecule has 3 aromatic rings. The van der Waals surface area contributed by atoms with Crippen molar-refractivity contribution < 1.29 is 14.0 Å². The Hall–Kier alpha value is -2.41. The Morgan fingerprint density at radius 2 is 1.83 bits per heavy atom. The largest absolute Gasteiger partial charge is 0.467 e. The molecule has 0 spiro atoms. The number of rotatable bonds is 5. The first-order valence-corrected chi connectivity index (χ1v) is 10.6. The number of carbonyl (C=O) groups excluding carboxylic acids is 2. The summed E-state index contributed by atoms with van der Waals surface area (Å²) < 4.78 is 5.38. The maximum absolute atomic E-state index is 12.6. The molecule has 5 nitrogen and oxygen atoms in total. The zero-order chi connectivity index (χ0) is 20.4. The Bertz CT molecular complexity index is 1020. The number of nitrogens with zero attached hydrogens (tertiary/aromatic N) is 1. The maximum Gasteiger partial charge on any atom is 0.255 e. The second-order valence-corrected chi connectivity index (χ2v) is 8.32. The lowest BCUT2D eigenvalue weighted by molar-refractivity contribution is -0.128. The van der Waals surface area contributed by atoms with Crippen molar-refractivity contribution in [2.24, 2.45) is 0 Å². The third-order valence-electron chi connectivity index (χ3n) is 4.53. The molecule has 1 N–H and O–H groups in total. The lowest BCUT2D eigenvalue weighted by Crippen LogP contribution is -2.27. The minimum Gasteiger partial charge on any atom is -0.467 e. The van der Waals surface area contributed by atoms with Crippen molar-refractivity contribution in [1.29, 1.82) is 0 Å². The van der Waals surface area contributed by atoms with Crippen LogP contribution in [0, 0.1) is 0 Å². The first kappa shape index (κ1) is 19.9. The summed E-state index contributed by atoms with van der Waals surface area (Å²) in [6.45, 7) is 0.413. The minimum absolute atomic E-state index is 0.0616. The van der Waals surface area contributed by atoms with Crippen LogP contribution >= 0.6 is 35.0 Å². The minimum atomic E-state index is -0.311. The number of furan rings is 1. The fourth-order valence-electron chi connectivity index (χ4n) is 3.07. The van der Waals surface area contributed by atoms with Crippen molar-refractivity contribution in [3.63, 3.8) is 0 Å². The van der Waals surface area contributed by atoms with Crippen LogP contribution in [0.25, 0.3) is 0 Å². The predicted molar refractivity (Wildman–Crippen MR) is 115 cm³/mol. The molecule has 1 aliphatic rings. The Balaban J connectivity index is 1.50. The Morgan fingerprint density at radius 1 is 1.10 bits per heavy atom. The third kappa shape index (κ3) is 4.29. The van der Waals surface area contributed by atoms with Gasteiger partial charge in [-0.1, -0.05) is 41.4 Å². The Labute approximate surface area is 182 Å². The molecule has 148 valence electrons. The summed E-state index contributed by atoms with van der Waals surface area (Å²) in [7, 11) is 0. The second kappa shape index (κ2) is 8.53. The number of hydrogen-bond acceptors (Lipinski definition) is 4. The highest BCUT2D eigenvalue weighted by atomic mass is 35.5. The van der Waals surface area contributed by atoms with Gasteiger partial charge in [0.1, 0.15) is 11.1 Å². The van der Waals surface area contributed by atoms with Gasteiger partial charge in [0, 0.05) is 5.56 Å². The molecule has 0 bridgehead atoms. The number of hydrogen-bond donors (Lipinski definition) is 1. The molecule has 1 atom stereocenters. The molecular weight excluding hydrogens is 431 g/mol. The molecule has 0 unspecified atom stereocenters. The smallest absolute Gasteiger partial charge is 0.255 e. The van der Waals surface area contributed by atoms with Crippen LogP contribution in [0.1, 0.15) is 27.1 Å². The van der Waals surface area contributed by atoms with Crippen LogP contribution in [0.3, 0.4) is 0 Å². The topological polar surface area (TPSA) is 62.6 Å². The van der Waals surface area contributed by atoms with E-state index in [1.807, 2.05) is 18.2 Å². The normalized spacial score (nSPS) is 16.3. The summed E-state index contributed by atoms with van der Waals surface area (Å²) >= 11 is 13.8.